The topological polar surface area (TPSA) is 58.4 Å². The Bertz CT molecular complexity index is 698. The van der Waals surface area contributed by atoms with Gasteiger partial charge in [0, 0.05) is 28.4 Å². The number of nitrogens with one attached hydrogen (secondary N) is 1. The van der Waals surface area contributed by atoms with Gasteiger partial charge in [-0.2, -0.15) is 0 Å². The summed E-state index contributed by atoms with van der Waals surface area (Å²) in [6.45, 7) is 3.39. The van der Waals surface area contributed by atoms with Crippen molar-refractivity contribution in [1.82, 2.24) is 10.2 Å². The van der Waals surface area contributed by atoms with Crippen molar-refractivity contribution in [3.05, 3.63) is 29.1 Å². The standard InChI is InChI=1S/C16H19N3OS.2ClH/c17-12-2-1-3-14-11(12)8-15(21-14)16(20)18-13-9-19-6-4-10(13)5-7-19;;/h1-3,8,10,13H,4-7,9,17H2,(H,18,20);2*1H/t13-;;/m0../s1. The van der Waals surface area contributed by atoms with Crippen LogP contribution in [0, 0.1) is 5.92 Å². The lowest BCUT2D eigenvalue weighted by molar-refractivity contribution is 0.0622. The molecule has 2 aromatic rings. The second-order valence-corrected chi connectivity index (χ2v) is 7.17. The minimum atomic E-state index is 0. The fourth-order valence-electron chi connectivity index (χ4n) is 3.56. The summed E-state index contributed by atoms with van der Waals surface area (Å²) in [6, 6.07) is 8.06. The SMILES string of the molecule is Cl.Cl.Nc1cccc2sc(C(=O)N[C@H]3CN4CCC3CC4)cc12. The van der Waals surface area contributed by atoms with Gasteiger partial charge in [0.15, 0.2) is 0 Å². The lowest BCUT2D eigenvalue weighted by atomic mass is 9.84. The summed E-state index contributed by atoms with van der Waals surface area (Å²) < 4.78 is 1.08. The molecule has 0 radical (unpaired) electrons. The average molecular weight is 374 g/mol. The van der Waals surface area contributed by atoms with Crippen molar-refractivity contribution in [2.75, 3.05) is 25.4 Å². The molecule has 0 spiro atoms. The Hall–Kier alpha value is -1.01. The molecule has 1 amide bonds. The first-order valence-electron chi connectivity index (χ1n) is 7.52. The number of hydrogen-bond acceptors (Lipinski definition) is 4. The van der Waals surface area contributed by atoms with E-state index >= 15 is 0 Å². The number of thiophene rings is 1. The number of halogens is 2. The maximum absolute atomic E-state index is 12.5. The van der Waals surface area contributed by atoms with Gasteiger partial charge >= 0.3 is 0 Å². The molecule has 4 heterocycles. The van der Waals surface area contributed by atoms with Crippen LogP contribution in [0.4, 0.5) is 5.69 Å². The van der Waals surface area contributed by atoms with Crippen molar-refractivity contribution >= 4 is 57.8 Å². The molecule has 5 rings (SSSR count). The summed E-state index contributed by atoms with van der Waals surface area (Å²) in [7, 11) is 0. The number of nitrogens with zero attached hydrogens (tertiary/aromatic N) is 1. The number of rotatable bonds is 2. The van der Waals surface area contributed by atoms with Crippen LogP contribution in [0.25, 0.3) is 10.1 Å². The zero-order valence-electron chi connectivity index (χ0n) is 12.7. The van der Waals surface area contributed by atoms with Crippen LogP contribution in [0.5, 0.6) is 0 Å². The first-order valence-corrected chi connectivity index (χ1v) is 8.33. The average Bonchev–Trinajstić information content (AvgIpc) is 2.94. The zero-order chi connectivity index (χ0) is 14.4. The molecule has 126 valence electrons. The molecule has 0 saturated carbocycles. The summed E-state index contributed by atoms with van der Waals surface area (Å²) in [5.74, 6) is 0.702. The Balaban J connectivity index is 0.000000960. The van der Waals surface area contributed by atoms with Gasteiger partial charge in [0.1, 0.15) is 0 Å². The van der Waals surface area contributed by atoms with Crippen LogP contribution in [-0.4, -0.2) is 36.5 Å². The van der Waals surface area contributed by atoms with Crippen LogP contribution in [-0.2, 0) is 0 Å². The molecule has 2 bridgehead atoms. The first-order chi connectivity index (χ1) is 10.2. The highest BCUT2D eigenvalue weighted by Gasteiger charge is 2.35. The van der Waals surface area contributed by atoms with E-state index in [1.54, 1.807) is 0 Å². The number of amides is 1. The molecule has 3 fully saturated rings. The van der Waals surface area contributed by atoms with Gasteiger partial charge in [-0.25, -0.2) is 0 Å². The van der Waals surface area contributed by atoms with E-state index in [1.807, 2.05) is 24.3 Å². The van der Waals surface area contributed by atoms with Crippen LogP contribution in [0.1, 0.15) is 22.5 Å². The quantitative estimate of drug-likeness (QED) is 0.794. The Morgan fingerprint density at radius 3 is 2.61 bits per heavy atom. The van der Waals surface area contributed by atoms with Crippen molar-refractivity contribution < 1.29 is 4.79 Å². The molecule has 23 heavy (non-hydrogen) atoms. The molecule has 3 aliphatic rings. The lowest BCUT2D eigenvalue weighted by Gasteiger charge is -2.44. The molecular weight excluding hydrogens is 353 g/mol. The Labute approximate surface area is 152 Å². The van der Waals surface area contributed by atoms with E-state index in [1.165, 1.54) is 37.3 Å². The number of carbonyl (C=O) groups is 1. The molecule has 1 atom stereocenters. The van der Waals surface area contributed by atoms with E-state index in [2.05, 4.69) is 10.2 Å². The normalized spacial score (nSPS) is 25.5. The largest absolute Gasteiger partial charge is 0.398 e. The van der Waals surface area contributed by atoms with Gasteiger partial charge in [-0.05, 0) is 50.0 Å². The summed E-state index contributed by atoms with van der Waals surface area (Å²) in [5.41, 5.74) is 6.71. The minimum absolute atomic E-state index is 0. The second-order valence-electron chi connectivity index (χ2n) is 6.09. The first kappa shape index (κ1) is 18.3. The van der Waals surface area contributed by atoms with Crippen molar-refractivity contribution in [2.24, 2.45) is 5.92 Å². The molecule has 3 N–H and O–H groups in total. The summed E-state index contributed by atoms with van der Waals surface area (Å²) >= 11 is 1.52. The van der Waals surface area contributed by atoms with Crippen molar-refractivity contribution in [2.45, 2.75) is 18.9 Å². The second kappa shape index (κ2) is 7.26. The predicted octanol–water partition coefficient (Wildman–Crippen LogP) is 3.15. The van der Waals surface area contributed by atoms with Crippen molar-refractivity contribution in [1.29, 1.82) is 0 Å². The third-order valence-electron chi connectivity index (χ3n) is 4.79. The van der Waals surface area contributed by atoms with Gasteiger partial charge in [0.05, 0.1) is 4.88 Å². The van der Waals surface area contributed by atoms with Gasteiger partial charge in [0.2, 0.25) is 0 Å². The molecule has 0 unspecified atom stereocenters. The van der Waals surface area contributed by atoms with Crippen LogP contribution >= 0.6 is 36.2 Å². The van der Waals surface area contributed by atoms with Gasteiger partial charge in [-0.1, -0.05) is 6.07 Å². The third-order valence-corrected chi connectivity index (χ3v) is 5.89. The van der Waals surface area contributed by atoms with Crippen LogP contribution < -0.4 is 11.1 Å². The molecule has 0 aliphatic carbocycles. The number of piperidine rings is 3. The predicted molar refractivity (Wildman–Crippen MR) is 101 cm³/mol. The third kappa shape index (κ3) is 3.43. The highest BCUT2D eigenvalue weighted by molar-refractivity contribution is 7.20. The van der Waals surface area contributed by atoms with Gasteiger partial charge < -0.3 is 16.0 Å². The Morgan fingerprint density at radius 1 is 1.26 bits per heavy atom. The maximum Gasteiger partial charge on any atom is 0.261 e. The molecule has 4 nitrogen and oxygen atoms in total. The molecular formula is C16H21Cl2N3OS. The molecule has 3 aliphatic heterocycles. The van der Waals surface area contributed by atoms with E-state index in [-0.39, 0.29) is 30.7 Å². The zero-order valence-corrected chi connectivity index (χ0v) is 15.1. The van der Waals surface area contributed by atoms with E-state index in [9.17, 15) is 4.79 Å². The van der Waals surface area contributed by atoms with Crippen LogP contribution in [0.3, 0.4) is 0 Å². The van der Waals surface area contributed by atoms with E-state index in [0.717, 1.165) is 27.2 Å². The molecule has 1 aromatic carbocycles. The number of fused-ring (bicyclic) bond motifs is 4. The van der Waals surface area contributed by atoms with Crippen LogP contribution in [0.15, 0.2) is 24.3 Å². The number of nitrogen functional groups attached to an aromatic ring is 1. The van der Waals surface area contributed by atoms with E-state index < -0.39 is 0 Å². The summed E-state index contributed by atoms with van der Waals surface area (Å²) in [5, 5.41) is 4.22. The number of carbonyl (C=O) groups excluding carboxylic acids is 1. The van der Waals surface area contributed by atoms with Gasteiger partial charge in [-0.3, -0.25) is 4.79 Å². The minimum Gasteiger partial charge on any atom is -0.398 e. The molecule has 1 aromatic heterocycles. The van der Waals surface area contributed by atoms with Gasteiger partial charge in [-0.15, -0.1) is 36.2 Å². The summed E-state index contributed by atoms with van der Waals surface area (Å²) in [6.07, 6.45) is 2.43. The number of hydrogen-bond donors (Lipinski definition) is 2. The summed E-state index contributed by atoms with van der Waals surface area (Å²) in [4.78, 5) is 15.7. The Morgan fingerprint density at radius 2 is 2.00 bits per heavy atom. The fraction of sp³-hybridized carbons (Fsp3) is 0.438. The highest BCUT2D eigenvalue weighted by atomic mass is 35.5. The number of anilines is 1. The Kier molecular flexibility index (Phi) is 5.79. The van der Waals surface area contributed by atoms with Gasteiger partial charge in [0.25, 0.3) is 5.91 Å². The molecule has 7 heteroatoms. The monoisotopic (exact) mass is 373 g/mol. The fourth-order valence-corrected chi connectivity index (χ4v) is 4.56. The lowest BCUT2D eigenvalue weighted by Crippen LogP contribution is -2.57. The molecule has 3 saturated heterocycles. The van der Waals surface area contributed by atoms with Crippen molar-refractivity contribution in [3.63, 3.8) is 0 Å². The van der Waals surface area contributed by atoms with Crippen LogP contribution in [0.2, 0.25) is 0 Å². The van der Waals surface area contributed by atoms with E-state index in [4.69, 9.17) is 5.73 Å². The number of benzene rings is 1. The van der Waals surface area contributed by atoms with Crippen molar-refractivity contribution in [3.8, 4) is 0 Å². The maximum atomic E-state index is 12.5. The highest BCUT2D eigenvalue weighted by Crippen LogP contribution is 2.31. The number of nitrogens with two attached hydrogens (primary N) is 1. The van der Waals surface area contributed by atoms with E-state index in [0.29, 0.717) is 12.0 Å². The smallest absolute Gasteiger partial charge is 0.261 e.